The van der Waals surface area contributed by atoms with Gasteiger partial charge in [-0.3, -0.25) is 14.5 Å². The summed E-state index contributed by atoms with van der Waals surface area (Å²) in [5.41, 5.74) is 1.40. The van der Waals surface area contributed by atoms with Crippen molar-refractivity contribution >= 4 is 11.8 Å². The molecule has 0 radical (unpaired) electrons. The van der Waals surface area contributed by atoms with Gasteiger partial charge in [-0.2, -0.15) is 0 Å². The van der Waals surface area contributed by atoms with Crippen molar-refractivity contribution in [3.05, 3.63) is 69.8 Å². The second-order valence-corrected chi connectivity index (χ2v) is 6.51. The highest BCUT2D eigenvalue weighted by atomic mass is 19.2. The van der Waals surface area contributed by atoms with Gasteiger partial charge in [-0.1, -0.05) is 50.2 Å². The van der Waals surface area contributed by atoms with Gasteiger partial charge in [-0.05, 0) is 27.7 Å². The first-order valence-corrected chi connectivity index (χ1v) is 8.59. The average Bonchev–Trinajstić information content (AvgIpc) is 2.97. The van der Waals surface area contributed by atoms with Crippen molar-refractivity contribution < 1.29 is 27.2 Å². The van der Waals surface area contributed by atoms with Crippen LogP contribution in [-0.2, 0) is 9.59 Å². The second-order valence-electron chi connectivity index (χ2n) is 6.51. The van der Waals surface area contributed by atoms with E-state index in [0.717, 1.165) is 13.8 Å². The highest BCUT2D eigenvalue weighted by Gasteiger charge is 2.24. The van der Waals surface area contributed by atoms with Crippen LogP contribution in [0.3, 0.4) is 0 Å². The second kappa shape index (κ2) is 12.8. The molecular formula is C23H31F4NO2. The molecule has 0 unspecified atom stereocenters. The fourth-order valence-corrected chi connectivity index (χ4v) is 2.18. The molecule has 168 valence electrons. The molecule has 1 aliphatic rings. The van der Waals surface area contributed by atoms with Crippen LogP contribution in [-0.4, -0.2) is 23.8 Å². The summed E-state index contributed by atoms with van der Waals surface area (Å²) in [7, 11) is 1.51. The van der Waals surface area contributed by atoms with Crippen molar-refractivity contribution in [3.8, 4) is 0 Å². The van der Waals surface area contributed by atoms with E-state index in [9.17, 15) is 27.2 Å². The predicted molar refractivity (Wildman–Crippen MR) is 112 cm³/mol. The minimum Gasteiger partial charge on any atom is -0.286 e. The van der Waals surface area contributed by atoms with Gasteiger partial charge in [0.25, 0.3) is 0 Å². The van der Waals surface area contributed by atoms with Crippen LogP contribution in [0.5, 0.6) is 0 Å². The van der Waals surface area contributed by atoms with Crippen LogP contribution in [0.1, 0.15) is 49.9 Å². The first kappa shape index (κ1) is 29.5. The Morgan fingerprint density at radius 1 is 0.633 bits per heavy atom. The van der Waals surface area contributed by atoms with Crippen LogP contribution in [0, 0.1) is 51.0 Å². The van der Waals surface area contributed by atoms with Gasteiger partial charge in [-0.15, -0.1) is 0 Å². The Morgan fingerprint density at radius 2 is 0.867 bits per heavy atom. The SMILES string of the molecule is C.C.CN1C(=O)CCC1=O.Cc1c(F)c(F)c(C)c(F)c1F.Cc1ccc(C)cc1. The maximum Gasteiger partial charge on any atom is 0.229 e. The molecule has 1 saturated heterocycles. The fourth-order valence-electron chi connectivity index (χ4n) is 2.18. The highest BCUT2D eigenvalue weighted by molar-refractivity contribution is 6.01. The molecule has 0 aliphatic carbocycles. The minimum absolute atomic E-state index is 0. The summed E-state index contributed by atoms with van der Waals surface area (Å²) in [6, 6.07) is 8.48. The van der Waals surface area contributed by atoms with E-state index in [0.29, 0.717) is 12.8 Å². The van der Waals surface area contributed by atoms with Crippen LogP contribution >= 0.6 is 0 Å². The lowest BCUT2D eigenvalue weighted by atomic mass is 10.1. The van der Waals surface area contributed by atoms with E-state index in [-0.39, 0.29) is 26.7 Å². The van der Waals surface area contributed by atoms with Crippen LogP contribution in [0.4, 0.5) is 17.6 Å². The maximum absolute atomic E-state index is 12.7. The normalized spacial score (nSPS) is 12.1. The maximum atomic E-state index is 12.7. The molecule has 7 heteroatoms. The van der Waals surface area contributed by atoms with Crippen molar-refractivity contribution in [1.29, 1.82) is 0 Å². The zero-order valence-electron chi connectivity index (χ0n) is 16.5. The molecule has 1 fully saturated rings. The van der Waals surface area contributed by atoms with Gasteiger partial charge in [0.15, 0.2) is 23.3 Å². The largest absolute Gasteiger partial charge is 0.286 e. The Hall–Kier alpha value is -2.70. The van der Waals surface area contributed by atoms with Crippen LogP contribution < -0.4 is 0 Å². The van der Waals surface area contributed by atoms with Crippen LogP contribution in [0.25, 0.3) is 0 Å². The number of aryl methyl sites for hydroxylation is 2. The average molecular weight is 429 g/mol. The summed E-state index contributed by atoms with van der Waals surface area (Å²) in [4.78, 5) is 22.1. The summed E-state index contributed by atoms with van der Waals surface area (Å²) in [6.07, 6.45) is 0.796. The van der Waals surface area contributed by atoms with E-state index in [4.69, 9.17) is 0 Å². The Kier molecular flexibility index (Phi) is 12.6. The standard InChI is InChI=1S/C8H6F4.C8H10.C5H7NO2.2CH4/c1-3-5(9)7(11)4(2)8(12)6(3)10;1-7-3-5-8(2)6-4-7;1-6-4(7)2-3-5(6)8;;/h1-2H3;3-6H,1-2H3;2-3H2,1H3;2*1H4. The number of amides is 2. The van der Waals surface area contributed by atoms with E-state index >= 15 is 0 Å². The first-order valence-electron chi connectivity index (χ1n) is 8.59. The van der Waals surface area contributed by atoms with Gasteiger partial charge in [-0.25, -0.2) is 17.6 Å². The van der Waals surface area contributed by atoms with Gasteiger partial charge in [0.05, 0.1) is 0 Å². The van der Waals surface area contributed by atoms with E-state index < -0.39 is 34.4 Å². The van der Waals surface area contributed by atoms with Crippen molar-refractivity contribution in [3.63, 3.8) is 0 Å². The van der Waals surface area contributed by atoms with E-state index in [1.165, 1.54) is 23.1 Å². The molecule has 0 saturated carbocycles. The van der Waals surface area contributed by atoms with Gasteiger partial charge in [0.2, 0.25) is 11.8 Å². The monoisotopic (exact) mass is 429 g/mol. The molecule has 1 heterocycles. The lowest BCUT2D eigenvalue weighted by Gasteiger charge is -2.04. The van der Waals surface area contributed by atoms with E-state index in [1.54, 1.807) is 0 Å². The minimum atomic E-state index is -1.33. The Balaban J connectivity index is 0. The molecule has 0 N–H and O–H groups in total. The smallest absolute Gasteiger partial charge is 0.229 e. The third-order valence-corrected chi connectivity index (χ3v) is 4.22. The molecular weight excluding hydrogens is 398 g/mol. The number of hydrogen-bond acceptors (Lipinski definition) is 2. The number of benzene rings is 2. The Morgan fingerprint density at radius 3 is 1.03 bits per heavy atom. The molecule has 0 spiro atoms. The first-order chi connectivity index (χ1) is 13.0. The molecule has 0 bridgehead atoms. The summed E-state index contributed by atoms with van der Waals surface area (Å²) in [6.45, 7) is 6.16. The van der Waals surface area contributed by atoms with Gasteiger partial charge in [0, 0.05) is 31.0 Å². The third-order valence-electron chi connectivity index (χ3n) is 4.22. The Labute approximate surface area is 176 Å². The molecule has 2 aromatic rings. The summed E-state index contributed by atoms with van der Waals surface area (Å²) < 4.78 is 50.6. The summed E-state index contributed by atoms with van der Waals surface area (Å²) in [5.74, 6) is -5.43. The highest BCUT2D eigenvalue weighted by Crippen LogP contribution is 2.22. The van der Waals surface area contributed by atoms with Crippen molar-refractivity contribution in [2.24, 2.45) is 0 Å². The lowest BCUT2D eigenvalue weighted by Crippen LogP contribution is -2.23. The van der Waals surface area contributed by atoms with E-state index in [1.807, 2.05) is 0 Å². The number of imide groups is 1. The molecule has 0 aromatic heterocycles. The molecule has 3 rings (SSSR count). The molecule has 2 aromatic carbocycles. The van der Waals surface area contributed by atoms with Crippen molar-refractivity contribution in [2.75, 3.05) is 7.05 Å². The van der Waals surface area contributed by atoms with Crippen molar-refractivity contribution in [2.45, 2.75) is 55.4 Å². The topological polar surface area (TPSA) is 37.4 Å². The number of halogens is 4. The number of carbonyl (C=O) groups excluding carboxylic acids is 2. The molecule has 0 atom stereocenters. The fraction of sp³-hybridized carbons (Fsp3) is 0.391. The number of likely N-dealkylation sites (tertiary alicyclic amines) is 1. The summed E-state index contributed by atoms with van der Waals surface area (Å²) >= 11 is 0. The molecule has 1 aliphatic heterocycles. The molecule has 30 heavy (non-hydrogen) atoms. The van der Waals surface area contributed by atoms with Gasteiger partial charge >= 0.3 is 0 Å². The zero-order chi connectivity index (χ0) is 21.6. The van der Waals surface area contributed by atoms with Crippen LogP contribution in [0.2, 0.25) is 0 Å². The number of carbonyl (C=O) groups is 2. The van der Waals surface area contributed by atoms with Crippen molar-refractivity contribution in [1.82, 2.24) is 4.90 Å². The number of nitrogens with zero attached hydrogens (tertiary/aromatic N) is 1. The quantitative estimate of drug-likeness (QED) is 0.284. The predicted octanol–water partition coefficient (Wildman–Crippen LogP) is 6.20. The summed E-state index contributed by atoms with van der Waals surface area (Å²) in [5, 5.41) is 0. The number of rotatable bonds is 0. The lowest BCUT2D eigenvalue weighted by molar-refractivity contribution is -0.136. The van der Waals surface area contributed by atoms with Gasteiger partial charge in [0.1, 0.15) is 0 Å². The zero-order valence-corrected chi connectivity index (χ0v) is 16.5. The molecule has 2 amide bonds. The van der Waals surface area contributed by atoms with E-state index in [2.05, 4.69) is 38.1 Å². The molecule has 3 nitrogen and oxygen atoms in total. The van der Waals surface area contributed by atoms with Gasteiger partial charge < -0.3 is 0 Å². The number of hydrogen-bond donors (Lipinski definition) is 0. The van der Waals surface area contributed by atoms with Crippen LogP contribution in [0.15, 0.2) is 24.3 Å². The Bertz CT molecular complexity index is 722. The third kappa shape index (κ3) is 7.61.